The Morgan fingerprint density at radius 2 is 2.17 bits per heavy atom. The lowest BCUT2D eigenvalue weighted by atomic mass is 10.6. The van der Waals surface area contributed by atoms with Crippen LogP contribution in [0, 0.1) is 0 Å². The molecule has 0 aliphatic carbocycles. The number of aliphatic carboxylic acids is 1. The van der Waals surface area contributed by atoms with Gasteiger partial charge < -0.3 is 14.4 Å². The number of hydrogen-bond acceptors (Lipinski definition) is 4. The Morgan fingerprint density at radius 1 is 1.50 bits per heavy atom. The standard InChI is InChI=1S/C6H9N3O3/c10-6(11)3-12-2-1-9-4-7-8-5-9/h4-5H,1-3H2,(H,10,11). The molecule has 0 aliphatic rings. The van der Waals surface area contributed by atoms with Gasteiger partial charge in [0.1, 0.15) is 19.3 Å². The van der Waals surface area contributed by atoms with Crippen molar-refractivity contribution in [2.24, 2.45) is 0 Å². The van der Waals surface area contributed by atoms with Crippen molar-refractivity contribution < 1.29 is 14.6 Å². The summed E-state index contributed by atoms with van der Waals surface area (Å²) in [6.45, 7) is 0.659. The average Bonchev–Trinajstić information content (AvgIpc) is 2.49. The van der Waals surface area contributed by atoms with Gasteiger partial charge in [0.15, 0.2) is 0 Å². The Labute approximate surface area is 68.8 Å². The monoisotopic (exact) mass is 171 g/mol. The first-order valence-corrected chi connectivity index (χ1v) is 3.41. The molecular weight excluding hydrogens is 162 g/mol. The Kier molecular flexibility index (Phi) is 3.21. The van der Waals surface area contributed by atoms with Gasteiger partial charge in [-0.05, 0) is 0 Å². The van der Waals surface area contributed by atoms with Crippen molar-refractivity contribution in [2.45, 2.75) is 6.54 Å². The first-order valence-electron chi connectivity index (χ1n) is 3.41. The first-order chi connectivity index (χ1) is 5.79. The fourth-order valence-electron chi connectivity index (χ4n) is 0.667. The fourth-order valence-corrected chi connectivity index (χ4v) is 0.667. The molecule has 1 heterocycles. The van der Waals surface area contributed by atoms with Crippen LogP contribution >= 0.6 is 0 Å². The zero-order valence-corrected chi connectivity index (χ0v) is 6.38. The summed E-state index contributed by atoms with van der Waals surface area (Å²) in [6.07, 6.45) is 3.09. The third-order valence-electron chi connectivity index (χ3n) is 1.19. The first kappa shape index (κ1) is 8.66. The van der Waals surface area contributed by atoms with Gasteiger partial charge in [-0.1, -0.05) is 0 Å². The maximum atomic E-state index is 10.0. The summed E-state index contributed by atoms with van der Waals surface area (Å²) in [4.78, 5) is 10.0. The highest BCUT2D eigenvalue weighted by molar-refractivity contribution is 5.67. The number of carboxylic acids is 1. The van der Waals surface area contributed by atoms with E-state index >= 15 is 0 Å². The van der Waals surface area contributed by atoms with Gasteiger partial charge in [-0.25, -0.2) is 4.79 Å². The quantitative estimate of drug-likeness (QED) is 0.597. The minimum absolute atomic E-state index is 0.262. The van der Waals surface area contributed by atoms with Crippen LogP contribution in [0.4, 0.5) is 0 Å². The number of aromatic nitrogens is 3. The van der Waals surface area contributed by atoms with Crippen LogP contribution in [0.5, 0.6) is 0 Å². The predicted octanol–water partition coefficient (Wildman–Crippen LogP) is -0.621. The molecule has 1 rings (SSSR count). The lowest BCUT2D eigenvalue weighted by Gasteiger charge is -2.00. The molecule has 0 radical (unpaired) electrons. The second-order valence-electron chi connectivity index (χ2n) is 2.15. The summed E-state index contributed by atoms with van der Waals surface area (Å²) >= 11 is 0. The van der Waals surface area contributed by atoms with E-state index in [4.69, 9.17) is 9.84 Å². The van der Waals surface area contributed by atoms with Crippen molar-refractivity contribution in [1.82, 2.24) is 14.8 Å². The highest BCUT2D eigenvalue weighted by Gasteiger charge is 1.95. The summed E-state index contributed by atoms with van der Waals surface area (Å²) in [7, 11) is 0. The summed E-state index contributed by atoms with van der Waals surface area (Å²) in [6, 6.07) is 0. The second kappa shape index (κ2) is 4.45. The number of nitrogens with zero attached hydrogens (tertiary/aromatic N) is 3. The molecule has 0 aromatic carbocycles. The van der Waals surface area contributed by atoms with E-state index in [2.05, 4.69) is 10.2 Å². The molecule has 0 unspecified atom stereocenters. The SMILES string of the molecule is O=C(O)COCCn1cnnc1. The van der Waals surface area contributed by atoms with Crippen LogP contribution < -0.4 is 0 Å². The van der Waals surface area contributed by atoms with Gasteiger partial charge in [-0.3, -0.25) is 0 Å². The van der Waals surface area contributed by atoms with Crippen LogP contribution in [0.2, 0.25) is 0 Å². The number of carboxylic acid groups (broad SMARTS) is 1. The maximum Gasteiger partial charge on any atom is 0.329 e. The zero-order chi connectivity index (χ0) is 8.81. The average molecular weight is 171 g/mol. The number of rotatable bonds is 5. The van der Waals surface area contributed by atoms with Gasteiger partial charge in [0, 0.05) is 6.54 Å². The molecule has 0 spiro atoms. The number of ether oxygens (including phenoxy) is 1. The zero-order valence-electron chi connectivity index (χ0n) is 6.38. The van der Waals surface area contributed by atoms with Gasteiger partial charge in [0.2, 0.25) is 0 Å². The highest BCUT2D eigenvalue weighted by Crippen LogP contribution is 1.83. The van der Waals surface area contributed by atoms with Crippen LogP contribution in [0.3, 0.4) is 0 Å². The van der Waals surface area contributed by atoms with Crippen LogP contribution in [0.1, 0.15) is 0 Å². The van der Waals surface area contributed by atoms with E-state index in [1.54, 1.807) is 17.2 Å². The second-order valence-corrected chi connectivity index (χ2v) is 2.15. The van der Waals surface area contributed by atoms with Crippen molar-refractivity contribution in [3.8, 4) is 0 Å². The third-order valence-corrected chi connectivity index (χ3v) is 1.19. The van der Waals surface area contributed by atoms with E-state index in [0.717, 1.165) is 0 Å². The predicted molar refractivity (Wildman–Crippen MR) is 38.5 cm³/mol. The Balaban J connectivity index is 2.07. The molecule has 66 valence electrons. The fraction of sp³-hybridized carbons (Fsp3) is 0.500. The molecule has 1 aromatic rings. The Hall–Kier alpha value is -1.43. The van der Waals surface area contributed by atoms with E-state index < -0.39 is 5.97 Å². The molecule has 0 atom stereocenters. The minimum atomic E-state index is -0.959. The van der Waals surface area contributed by atoms with E-state index in [1.165, 1.54) is 0 Å². The molecule has 12 heavy (non-hydrogen) atoms. The summed E-state index contributed by atoms with van der Waals surface area (Å²) in [5.74, 6) is -0.959. The van der Waals surface area contributed by atoms with Gasteiger partial charge in [-0.15, -0.1) is 10.2 Å². The van der Waals surface area contributed by atoms with Gasteiger partial charge in [0.05, 0.1) is 6.61 Å². The molecule has 0 amide bonds. The molecule has 1 aromatic heterocycles. The van der Waals surface area contributed by atoms with Crippen LogP contribution in [0.25, 0.3) is 0 Å². The molecule has 0 saturated heterocycles. The van der Waals surface area contributed by atoms with E-state index in [0.29, 0.717) is 13.2 Å². The van der Waals surface area contributed by atoms with Crippen molar-refractivity contribution >= 4 is 5.97 Å². The molecule has 1 N–H and O–H groups in total. The Bertz CT molecular complexity index is 234. The molecule has 6 nitrogen and oxygen atoms in total. The van der Waals surface area contributed by atoms with E-state index in [1.807, 2.05) is 0 Å². The van der Waals surface area contributed by atoms with Gasteiger partial charge >= 0.3 is 5.97 Å². The van der Waals surface area contributed by atoms with Gasteiger partial charge in [-0.2, -0.15) is 0 Å². The van der Waals surface area contributed by atoms with Crippen LogP contribution in [0.15, 0.2) is 12.7 Å². The van der Waals surface area contributed by atoms with Crippen LogP contribution in [-0.2, 0) is 16.1 Å². The topological polar surface area (TPSA) is 77.2 Å². The summed E-state index contributed by atoms with van der Waals surface area (Å²) in [5.41, 5.74) is 0. The van der Waals surface area contributed by atoms with Crippen molar-refractivity contribution in [3.05, 3.63) is 12.7 Å². The lowest BCUT2D eigenvalue weighted by Crippen LogP contribution is -2.11. The van der Waals surface area contributed by atoms with Crippen molar-refractivity contribution in [2.75, 3.05) is 13.2 Å². The van der Waals surface area contributed by atoms with Crippen molar-refractivity contribution in [3.63, 3.8) is 0 Å². The summed E-state index contributed by atoms with van der Waals surface area (Å²) < 4.78 is 6.50. The normalized spacial score (nSPS) is 10.0. The lowest BCUT2D eigenvalue weighted by molar-refractivity contribution is -0.142. The molecule has 0 saturated carbocycles. The van der Waals surface area contributed by atoms with Crippen molar-refractivity contribution in [1.29, 1.82) is 0 Å². The Morgan fingerprint density at radius 3 is 2.75 bits per heavy atom. The molecule has 0 fully saturated rings. The molecule has 0 aliphatic heterocycles. The number of carbonyl (C=O) groups is 1. The van der Waals surface area contributed by atoms with Crippen LogP contribution in [-0.4, -0.2) is 39.1 Å². The molecule has 6 heteroatoms. The summed E-state index contributed by atoms with van der Waals surface area (Å²) in [5, 5.41) is 15.4. The molecular formula is C6H9N3O3. The van der Waals surface area contributed by atoms with Gasteiger partial charge in [0.25, 0.3) is 0 Å². The largest absolute Gasteiger partial charge is 0.480 e. The smallest absolute Gasteiger partial charge is 0.329 e. The number of hydrogen-bond donors (Lipinski definition) is 1. The van der Waals surface area contributed by atoms with E-state index in [9.17, 15) is 4.79 Å². The highest BCUT2D eigenvalue weighted by atomic mass is 16.5. The third kappa shape index (κ3) is 3.11. The maximum absolute atomic E-state index is 10.0. The minimum Gasteiger partial charge on any atom is -0.480 e. The van der Waals surface area contributed by atoms with E-state index in [-0.39, 0.29) is 6.61 Å². The molecule has 0 bridgehead atoms.